The smallest absolute Gasteiger partial charge is 0.228 e. The van der Waals surface area contributed by atoms with Crippen LogP contribution in [-0.2, 0) is 18.2 Å². The van der Waals surface area contributed by atoms with E-state index in [1.54, 1.807) is 34.9 Å². The van der Waals surface area contributed by atoms with Gasteiger partial charge in [0.1, 0.15) is 5.82 Å². The molecule has 11 heteroatoms. The highest BCUT2D eigenvalue weighted by molar-refractivity contribution is 6.30. The number of rotatable bonds is 7. The van der Waals surface area contributed by atoms with E-state index in [2.05, 4.69) is 35.7 Å². The zero-order chi connectivity index (χ0) is 22.8. The fourth-order valence-corrected chi connectivity index (χ4v) is 3.60. The van der Waals surface area contributed by atoms with Crippen LogP contribution in [0.3, 0.4) is 0 Å². The molecule has 166 valence electrons. The summed E-state index contributed by atoms with van der Waals surface area (Å²) < 4.78 is 9.09. The molecule has 5 aromatic rings. The van der Waals surface area contributed by atoms with E-state index >= 15 is 0 Å². The summed E-state index contributed by atoms with van der Waals surface area (Å²) >= 11 is 6.00. The van der Waals surface area contributed by atoms with Gasteiger partial charge in [0.25, 0.3) is 0 Å². The molecular formula is C22H20ClN9O. The van der Waals surface area contributed by atoms with Crippen LogP contribution < -0.4 is 5.32 Å². The Balaban J connectivity index is 1.39. The van der Waals surface area contributed by atoms with Gasteiger partial charge in [0.2, 0.25) is 5.95 Å². The first kappa shape index (κ1) is 21.0. The molecule has 1 N–H and O–H groups in total. The summed E-state index contributed by atoms with van der Waals surface area (Å²) in [5, 5.41) is 21.1. The SMILES string of the molecule is CO[C@H](Cc1nnc2cc(-c3ccnc(Nc4ccnn4C)n3)cnn12)c1ccc(Cl)cc1. The number of methoxy groups -OCH3 is 1. The minimum Gasteiger partial charge on any atom is -0.376 e. The minimum atomic E-state index is -0.196. The molecule has 0 spiro atoms. The van der Waals surface area contributed by atoms with Gasteiger partial charge in [-0.05, 0) is 29.8 Å². The lowest BCUT2D eigenvalue weighted by molar-refractivity contribution is 0.101. The normalized spacial score (nSPS) is 12.2. The topological polar surface area (TPSA) is 108 Å². The van der Waals surface area contributed by atoms with E-state index in [9.17, 15) is 0 Å². The van der Waals surface area contributed by atoms with E-state index in [1.165, 1.54) is 0 Å². The number of nitrogens with zero attached hydrogens (tertiary/aromatic N) is 8. The average molecular weight is 462 g/mol. The third-order valence-electron chi connectivity index (χ3n) is 5.23. The van der Waals surface area contributed by atoms with Crippen molar-refractivity contribution in [2.45, 2.75) is 12.5 Å². The molecule has 0 unspecified atom stereocenters. The number of aryl methyl sites for hydroxylation is 1. The Hall–Kier alpha value is -3.89. The molecule has 0 saturated carbocycles. The zero-order valence-corrected chi connectivity index (χ0v) is 18.7. The molecule has 5 rings (SSSR count). The second-order valence-corrected chi connectivity index (χ2v) is 7.78. The number of benzene rings is 1. The van der Waals surface area contributed by atoms with Crippen LogP contribution in [0.4, 0.5) is 11.8 Å². The number of hydrogen-bond donors (Lipinski definition) is 1. The Labute approximate surface area is 194 Å². The summed E-state index contributed by atoms with van der Waals surface area (Å²) in [6.07, 6.45) is 5.45. The third-order valence-corrected chi connectivity index (χ3v) is 5.48. The van der Waals surface area contributed by atoms with Crippen LogP contribution in [0.5, 0.6) is 0 Å². The lowest BCUT2D eigenvalue weighted by Crippen LogP contribution is -2.09. The number of aromatic nitrogens is 8. The third kappa shape index (κ3) is 4.38. The van der Waals surface area contributed by atoms with Crippen molar-refractivity contribution in [3.63, 3.8) is 0 Å². The van der Waals surface area contributed by atoms with Gasteiger partial charge in [-0.2, -0.15) is 14.7 Å². The van der Waals surface area contributed by atoms with E-state index in [4.69, 9.17) is 16.3 Å². The second kappa shape index (κ2) is 8.93. The first-order valence-electron chi connectivity index (χ1n) is 10.2. The van der Waals surface area contributed by atoms with Gasteiger partial charge in [-0.15, -0.1) is 10.2 Å². The maximum absolute atomic E-state index is 6.00. The Kier molecular flexibility index (Phi) is 5.68. The van der Waals surface area contributed by atoms with Gasteiger partial charge in [-0.25, -0.2) is 9.97 Å². The number of anilines is 2. The summed E-state index contributed by atoms with van der Waals surface area (Å²) in [5.74, 6) is 1.94. The second-order valence-electron chi connectivity index (χ2n) is 7.34. The monoisotopic (exact) mass is 461 g/mol. The maximum Gasteiger partial charge on any atom is 0.228 e. The molecule has 0 bridgehead atoms. The Morgan fingerprint density at radius 2 is 1.91 bits per heavy atom. The van der Waals surface area contributed by atoms with Gasteiger partial charge in [-0.1, -0.05) is 23.7 Å². The van der Waals surface area contributed by atoms with E-state index in [0.29, 0.717) is 34.6 Å². The number of halogens is 1. The van der Waals surface area contributed by atoms with Gasteiger partial charge in [0, 0.05) is 43.4 Å². The van der Waals surface area contributed by atoms with Gasteiger partial charge < -0.3 is 10.1 Å². The molecule has 1 aromatic carbocycles. The van der Waals surface area contributed by atoms with E-state index in [1.807, 2.05) is 49.5 Å². The molecule has 0 saturated heterocycles. The summed E-state index contributed by atoms with van der Waals surface area (Å²) in [4.78, 5) is 8.87. The summed E-state index contributed by atoms with van der Waals surface area (Å²) in [5.41, 5.74) is 3.14. The highest BCUT2D eigenvalue weighted by Crippen LogP contribution is 2.24. The Morgan fingerprint density at radius 1 is 1.06 bits per heavy atom. The van der Waals surface area contributed by atoms with Crippen molar-refractivity contribution >= 4 is 29.0 Å². The molecule has 4 heterocycles. The molecule has 33 heavy (non-hydrogen) atoms. The van der Waals surface area contributed by atoms with Gasteiger partial charge >= 0.3 is 0 Å². The van der Waals surface area contributed by atoms with Crippen molar-refractivity contribution < 1.29 is 4.74 Å². The van der Waals surface area contributed by atoms with Crippen LogP contribution in [-0.4, -0.2) is 46.7 Å². The number of hydrogen-bond acceptors (Lipinski definition) is 8. The largest absolute Gasteiger partial charge is 0.376 e. The maximum atomic E-state index is 6.00. The zero-order valence-electron chi connectivity index (χ0n) is 17.9. The Bertz CT molecular complexity index is 1400. The molecule has 1 atom stereocenters. The van der Waals surface area contributed by atoms with Crippen LogP contribution in [0.1, 0.15) is 17.5 Å². The van der Waals surface area contributed by atoms with Crippen LogP contribution in [0.15, 0.2) is 61.1 Å². The van der Waals surface area contributed by atoms with E-state index in [0.717, 1.165) is 16.9 Å². The van der Waals surface area contributed by atoms with Crippen molar-refractivity contribution in [3.05, 3.63) is 77.5 Å². The highest BCUT2D eigenvalue weighted by Gasteiger charge is 2.17. The molecular weight excluding hydrogens is 442 g/mol. The molecule has 10 nitrogen and oxygen atoms in total. The summed E-state index contributed by atoms with van der Waals surface area (Å²) in [7, 11) is 3.51. The van der Waals surface area contributed by atoms with Crippen LogP contribution in [0, 0.1) is 0 Å². The first-order valence-corrected chi connectivity index (χ1v) is 10.6. The molecule has 0 aliphatic heterocycles. The van der Waals surface area contributed by atoms with Crippen molar-refractivity contribution in [3.8, 4) is 11.3 Å². The van der Waals surface area contributed by atoms with Gasteiger partial charge in [0.05, 0.1) is 24.2 Å². The number of fused-ring (bicyclic) bond motifs is 1. The molecule has 0 amide bonds. The molecule has 0 radical (unpaired) electrons. The van der Waals surface area contributed by atoms with Crippen LogP contribution >= 0.6 is 11.6 Å². The lowest BCUT2D eigenvalue weighted by atomic mass is 10.1. The van der Waals surface area contributed by atoms with Crippen LogP contribution in [0.25, 0.3) is 16.9 Å². The average Bonchev–Trinajstić information content (AvgIpc) is 3.43. The fourth-order valence-electron chi connectivity index (χ4n) is 3.48. The molecule has 0 aliphatic rings. The number of nitrogens with one attached hydrogen (secondary N) is 1. The minimum absolute atomic E-state index is 0.196. The molecule has 4 aromatic heterocycles. The fraction of sp³-hybridized carbons (Fsp3) is 0.182. The van der Waals surface area contributed by atoms with Gasteiger partial charge in [-0.3, -0.25) is 4.68 Å². The van der Waals surface area contributed by atoms with Crippen molar-refractivity contribution in [1.29, 1.82) is 0 Å². The summed E-state index contributed by atoms with van der Waals surface area (Å²) in [6, 6.07) is 13.1. The first-order chi connectivity index (χ1) is 16.1. The lowest BCUT2D eigenvalue weighted by Gasteiger charge is -2.14. The van der Waals surface area contributed by atoms with Crippen molar-refractivity contribution in [2.75, 3.05) is 12.4 Å². The number of ether oxygens (including phenoxy) is 1. The molecule has 0 fully saturated rings. The predicted molar refractivity (Wildman–Crippen MR) is 123 cm³/mol. The summed E-state index contributed by atoms with van der Waals surface area (Å²) in [6.45, 7) is 0. The van der Waals surface area contributed by atoms with E-state index < -0.39 is 0 Å². The predicted octanol–water partition coefficient (Wildman–Crippen LogP) is 3.64. The van der Waals surface area contributed by atoms with Crippen molar-refractivity contribution in [1.82, 2.24) is 39.6 Å². The van der Waals surface area contributed by atoms with Gasteiger partial charge in [0.15, 0.2) is 11.5 Å². The molecule has 0 aliphatic carbocycles. The quantitative estimate of drug-likeness (QED) is 0.391. The highest BCUT2D eigenvalue weighted by atomic mass is 35.5. The van der Waals surface area contributed by atoms with Crippen molar-refractivity contribution in [2.24, 2.45) is 7.05 Å². The van der Waals surface area contributed by atoms with E-state index in [-0.39, 0.29) is 6.10 Å². The van der Waals surface area contributed by atoms with Crippen LogP contribution in [0.2, 0.25) is 5.02 Å². The standard InChI is InChI=1S/C22H20ClN9O/c1-31-19(8-10-25-31)28-22-24-9-7-17(27-22)15-11-20-29-30-21(32(20)26-13-15)12-18(33-2)14-3-5-16(23)6-4-14/h3-11,13,18H,12H2,1-2H3,(H,24,27,28)/t18-/m1/s1. The Morgan fingerprint density at radius 3 is 2.67 bits per heavy atom.